The molecule has 2 aromatic carbocycles. The molecule has 0 aliphatic heterocycles. The van der Waals surface area contributed by atoms with E-state index in [1.165, 1.54) is 19.2 Å². The largest absolute Gasteiger partial charge is 0.490 e. The Morgan fingerprint density at radius 2 is 1.90 bits per heavy atom. The highest BCUT2D eigenvalue weighted by molar-refractivity contribution is 6.04. The molecular formula is C15H14N2O4. The van der Waals surface area contributed by atoms with E-state index >= 15 is 0 Å². The van der Waals surface area contributed by atoms with E-state index in [-0.39, 0.29) is 17.3 Å². The molecule has 1 amide bonds. The summed E-state index contributed by atoms with van der Waals surface area (Å²) >= 11 is 0. The minimum atomic E-state index is -0.519. The molecule has 1 N–H and O–H groups in total. The van der Waals surface area contributed by atoms with Crippen LogP contribution in [0, 0.1) is 17.0 Å². The van der Waals surface area contributed by atoms with Gasteiger partial charge in [0.2, 0.25) is 0 Å². The number of aryl methyl sites for hydroxylation is 1. The van der Waals surface area contributed by atoms with E-state index in [1.54, 1.807) is 31.2 Å². The third-order valence-electron chi connectivity index (χ3n) is 3.01. The van der Waals surface area contributed by atoms with Gasteiger partial charge in [-0.2, -0.15) is 0 Å². The fourth-order valence-electron chi connectivity index (χ4n) is 1.90. The number of anilines is 1. The number of methoxy groups -OCH3 is 1. The van der Waals surface area contributed by atoms with Gasteiger partial charge in [0.05, 0.1) is 12.0 Å². The van der Waals surface area contributed by atoms with Crippen molar-refractivity contribution in [3.8, 4) is 5.75 Å². The molecule has 108 valence electrons. The molecule has 0 unspecified atom stereocenters. The van der Waals surface area contributed by atoms with Crippen LogP contribution in [0.5, 0.6) is 5.75 Å². The highest BCUT2D eigenvalue weighted by Crippen LogP contribution is 2.32. The van der Waals surface area contributed by atoms with Crippen LogP contribution in [-0.2, 0) is 0 Å². The third-order valence-corrected chi connectivity index (χ3v) is 3.01. The summed E-state index contributed by atoms with van der Waals surface area (Å²) in [6, 6.07) is 11.5. The first-order chi connectivity index (χ1) is 10.0. The van der Waals surface area contributed by atoms with Gasteiger partial charge in [-0.15, -0.1) is 0 Å². The lowest BCUT2D eigenvalue weighted by atomic mass is 10.1. The summed E-state index contributed by atoms with van der Waals surface area (Å²) < 4.78 is 5.00. The van der Waals surface area contributed by atoms with Gasteiger partial charge in [0.1, 0.15) is 0 Å². The molecule has 6 heteroatoms. The Balaban J connectivity index is 2.33. The molecule has 0 spiro atoms. The quantitative estimate of drug-likeness (QED) is 0.691. The lowest BCUT2D eigenvalue weighted by Crippen LogP contribution is -2.13. The molecule has 0 aromatic heterocycles. The van der Waals surface area contributed by atoms with Gasteiger partial charge in [-0.3, -0.25) is 14.9 Å². The number of nitrogens with one attached hydrogen (secondary N) is 1. The van der Waals surface area contributed by atoms with Crippen LogP contribution < -0.4 is 10.1 Å². The van der Waals surface area contributed by atoms with Gasteiger partial charge in [-0.25, -0.2) is 0 Å². The van der Waals surface area contributed by atoms with Crippen LogP contribution in [0.25, 0.3) is 0 Å². The first-order valence-electron chi connectivity index (χ1n) is 6.22. The number of nitrogens with zero attached hydrogens (tertiary/aromatic N) is 1. The van der Waals surface area contributed by atoms with Gasteiger partial charge in [0.25, 0.3) is 5.91 Å². The second-order valence-corrected chi connectivity index (χ2v) is 4.42. The van der Waals surface area contributed by atoms with Crippen molar-refractivity contribution in [2.75, 3.05) is 12.4 Å². The van der Waals surface area contributed by atoms with Crippen LogP contribution in [0.15, 0.2) is 42.5 Å². The van der Waals surface area contributed by atoms with Gasteiger partial charge in [-0.1, -0.05) is 18.2 Å². The van der Waals surface area contributed by atoms with Crippen LogP contribution in [0.3, 0.4) is 0 Å². The average molecular weight is 286 g/mol. The molecular weight excluding hydrogens is 272 g/mol. The number of rotatable bonds is 4. The van der Waals surface area contributed by atoms with E-state index in [1.807, 2.05) is 6.07 Å². The molecule has 0 saturated heterocycles. The van der Waals surface area contributed by atoms with Gasteiger partial charge < -0.3 is 10.1 Å². The van der Waals surface area contributed by atoms with Gasteiger partial charge >= 0.3 is 5.69 Å². The number of hydrogen-bond acceptors (Lipinski definition) is 4. The summed E-state index contributed by atoms with van der Waals surface area (Å²) in [4.78, 5) is 22.5. The minimum absolute atomic E-state index is 0.106. The Hall–Kier alpha value is -2.89. The summed E-state index contributed by atoms with van der Waals surface area (Å²) in [7, 11) is 1.35. The molecule has 0 atom stereocenters. The second kappa shape index (κ2) is 6.04. The van der Waals surface area contributed by atoms with Crippen molar-refractivity contribution in [1.29, 1.82) is 0 Å². The van der Waals surface area contributed by atoms with Crippen LogP contribution in [0.2, 0.25) is 0 Å². The van der Waals surface area contributed by atoms with Gasteiger partial charge in [0, 0.05) is 23.4 Å². The molecule has 2 aromatic rings. The van der Waals surface area contributed by atoms with Crippen molar-refractivity contribution in [1.82, 2.24) is 0 Å². The zero-order valence-corrected chi connectivity index (χ0v) is 11.6. The standard InChI is InChI=1S/C15H14N2O4/c1-10-8-13(17(19)20)14(21-2)9-12(10)16-15(18)11-6-4-3-5-7-11/h3-9H,1-2H3,(H,16,18). The summed E-state index contributed by atoms with van der Waals surface area (Å²) in [5, 5.41) is 13.7. The lowest BCUT2D eigenvalue weighted by Gasteiger charge is -2.10. The summed E-state index contributed by atoms with van der Waals surface area (Å²) in [6.45, 7) is 1.69. The van der Waals surface area contributed by atoms with Crippen molar-refractivity contribution >= 4 is 17.3 Å². The van der Waals surface area contributed by atoms with E-state index in [9.17, 15) is 14.9 Å². The zero-order chi connectivity index (χ0) is 15.4. The fraction of sp³-hybridized carbons (Fsp3) is 0.133. The number of ether oxygens (including phenoxy) is 1. The topological polar surface area (TPSA) is 81.5 Å². The highest BCUT2D eigenvalue weighted by Gasteiger charge is 2.18. The minimum Gasteiger partial charge on any atom is -0.490 e. The summed E-state index contributed by atoms with van der Waals surface area (Å²) in [5.74, 6) is -0.177. The predicted molar refractivity (Wildman–Crippen MR) is 78.8 cm³/mol. The smallest absolute Gasteiger partial charge is 0.311 e. The third kappa shape index (κ3) is 3.17. The van der Waals surface area contributed by atoms with E-state index in [4.69, 9.17) is 4.74 Å². The molecule has 2 rings (SSSR count). The maximum absolute atomic E-state index is 12.1. The highest BCUT2D eigenvalue weighted by atomic mass is 16.6. The van der Waals surface area contributed by atoms with Crippen LogP contribution in [0.4, 0.5) is 11.4 Å². The number of nitro benzene ring substituents is 1. The molecule has 0 bridgehead atoms. The first kappa shape index (κ1) is 14.5. The van der Waals surface area contributed by atoms with Gasteiger partial charge in [0.15, 0.2) is 5.75 Å². The normalized spacial score (nSPS) is 10.0. The second-order valence-electron chi connectivity index (χ2n) is 4.42. The Bertz CT molecular complexity index is 684. The molecule has 21 heavy (non-hydrogen) atoms. The Morgan fingerprint density at radius 1 is 1.24 bits per heavy atom. The number of hydrogen-bond donors (Lipinski definition) is 1. The van der Waals surface area contributed by atoms with Crippen molar-refractivity contribution in [2.45, 2.75) is 6.92 Å². The number of nitro groups is 1. The Morgan fingerprint density at radius 3 is 2.48 bits per heavy atom. The Kier molecular flexibility index (Phi) is 4.18. The Labute approximate surface area is 121 Å². The van der Waals surface area contributed by atoms with Crippen molar-refractivity contribution in [3.63, 3.8) is 0 Å². The number of carbonyl (C=O) groups excluding carboxylic acids is 1. The molecule has 0 aliphatic carbocycles. The maximum Gasteiger partial charge on any atom is 0.311 e. The fourth-order valence-corrected chi connectivity index (χ4v) is 1.90. The number of amides is 1. The van der Waals surface area contributed by atoms with Crippen LogP contribution in [0.1, 0.15) is 15.9 Å². The zero-order valence-electron chi connectivity index (χ0n) is 11.6. The molecule has 0 saturated carbocycles. The van der Waals surface area contributed by atoms with Crippen LogP contribution >= 0.6 is 0 Å². The van der Waals surface area contributed by atoms with E-state index < -0.39 is 4.92 Å². The molecule has 0 fully saturated rings. The monoisotopic (exact) mass is 286 g/mol. The molecule has 0 aliphatic rings. The van der Waals surface area contributed by atoms with E-state index in [2.05, 4.69) is 5.32 Å². The van der Waals surface area contributed by atoms with E-state index in [0.29, 0.717) is 16.8 Å². The van der Waals surface area contributed by atoms with Crippen molar-refractivity contribution in [3.05, 3.63) is 63.7 Å². The van der Waals surface area contributed by atoms with Crippen molar-refractivity contribution < 1.29 is 14.5 Å². The number of carbonyl (C=O) groups is 1. The molecule has 0 heterocycles. The first-order valence-corrected chi connectivity index (χ1v) is 6.22. The summed E-state index contributed by atoms with van der Waals surface area (Å²) in [6.07, 6.45) is 0. The average Bonchev–Trinajstić information content (AvgIpc) is 2.49. The maximum atomic E-state index is 12.1. The van der Waals surface area contributed by atoms with E-state index in [0.717, 1.165) is 0 Å². The van der Waals surface area contributed by atoms with Crippen molar-refractivity contribution in [2.24, 2.45) is 0 Å². The SMILES string of the molecule is COc1cc(NC(=O)c2ccccc2)c(C)cc1[N+](=O)[O-]. The lowest BCUT2D eigenvalue weighted by molar-refractivity contribution is -0.385. The molecule has 0 radical (unpaired) electrons. The van der Waals surface area contributed by atoms with Crippen LogP contribution in [-0.4, -0.2) is 17.9 Å². The number of benzene rings is 2. The molecule has 6 nitrogen and oxygen atoms in total. The predicted octanol–water partition coefficient (Wildman–Crippen LogP) is 3.16. The van der Waals surface area contributed by atoms with Gasteiger partial charge in [-0.05, 0) is 24.6 Å². The summed E-state index contributed by atoms with van der Waals surface area (Å²) in [5.41, 5.74) is 1.44.